The van der Waals surface area contributed by atoms with Crippen LogP contribution in [0.4, 0.5) is 0 Å². The van der Waals surface area contributed by atoms with Gasteiger partial charge in [-0.2, -0.15) is 0 Å². The fraction of sp³-hybridized carbons (Fsp3) is 0.731. The molecule has 15 N–H and O–H groups in total. The number of nitrogens with one attached hydrogen (secondary N) is 4. The van der Waals surface area contributed by atoms with Gasteiger partial charge in [0.2, 0.25) is 41.4 Å². The summed E-state index contributed by atoms with van der Waals surface area (Å²) in [6.07, 6.45) is -7.48. The normalized spacial score (nSPS) is 22.3. The summed E-state index contributed by atoms with van der Waals surface area (Å²) in [4.78, 5) is 108. The molecule has 76 heavy (non-hydrogen) atoms. The van der Waals surface area contributed by atoms with E-state index < -0.39 is 158 Å². The summed E-state index contributed by atoms with van der Waals surface area (Å²) in [7, 11) is 0. The minimum Gasteiger partial charge on any atom is -0.508 e. The highest BCUT2D eigenvalue weighted by atomic mass is 16.3. The quantitative estimate of drug-likeness (QED) is 0.0285. The number of hydrogen-bond acceptors (Lipinski definition) is 17. The largest absolute Gasteiger partial charge is 0.508 e. The number of benzene rings is 1. The summed E-state index contributed by atoms with van der Waals surface area (Å²) in [5, 5.41) is 106. The number of primary amides is 1. The van der Waals surface area contributed by atoms with Crippen molar-refractivity contribution in [2.24, 2.45) is 23.5 Å². The van der Waals surface area contributed by atoms with Crippen LogP contribution in [0, 0.1) is 17.8 Å². The minimum absolute atomic E-state index is 0.0791. The number of carbonyl (C=O) groups is 8. The summed E-state index contributed by atoms with van der Waals surface area (Å²) in [6.45, 7) is 9.47. The molecule has 0 spiro atoms. The number of aliphatic hydroxyl groups excluding tert-OH is 8. The predicted molar refractivity (Wildman–Crippen MR) is 273 cm³/mol. The number of ketones is 1. The third-order valence-electron chi connectivity index (χ3n) is 14.5. The van der Waals surface area contributed by atoms with Crippen molar-refractivity contribution in [1.82, 2.24) is 31.1 Å². The maximum Gasteiger partial charge on any atom is 0.248 e. The lowest BCUT2D eigenvalue weighted by Crippen LogP contribution is -2.61. The van der Waals surface area contributed by atoms with Crippen LogP contribution in [0.5, 0.6) is 5.75 Å². The van der Waals surface area contributed by atoms with Crippen molar-refractivity contribution in [1.29, 1.82) is 0 Å². The molecule has 0 bridgehead atoms. The lowest BCUT2D eigenvalue weighted by atomic mass is 9.91. The summed E-state index contributed by atoms with van der Waals surface area (Å²) in [5.41, 5.74) is 5.24. The van der Waals surface area contributed by atoms with Crippen LogP contribution in [0.3, 0.4) is 0 Å². The molecular weight excluding hydrogens is 995 g/mol. The number of Topliss-reactive ketones (excluding diaryl/α,β-unsaturated/α-hetero) is 1. The Balaban J connectivity index is 1.79. The molecule has 0 radical (unpaired) electrons. The molecule has 1 aromatic rings. The number of amides is 7. The second-order valence-electron chi connectivity index (χ2n) is 21.0. The lowest BCUT2D eigenvalue weighted by Gasteiger charge is -2.33. The van der Waals surface area contributed by atoms with Gasteiger partial charge in [0.25, 0.3) is 0 Å². The second kappa shape index (κ2) is 31.2. The first-order valence-electron chi connectivity index (χ1n) is 26.5. The van der Waals surface area contributed by atoms with Gasteiger partial charge in [0.1, 0.15) is 54.3 Å². The number of rotatable bonds is 32. The van der Waals surface area contributed by atoms with Gasteiger partial charge in [-0.15, -0.1) is 0 Å². The van der Waals surface area contributed by atoms with E-state index in [0.29, 0.717) is 24.7 Å². The molecule has 7 amide bonds. The van der Waals surface area contributed by atoms with E-state index in [0.717, 1.165) is 62.2 Å². The number of phenols is 1. The van der Waals surface area contributed by atoms with Crippen molar-refractivity contribution in [2.75, 3.05) is 13.1 Å². The molecule has 2 aliphatic rings. The number of β-amino-alcohol motifs (C(OH)–C–C–N with tert-alkyl or cyclic N) is 1. The Morgan fingerprint density at radius 3 is 1.93 bits per heavy atom. The number of nitrogens with two attached hydrogens (primary N) is 1. The summed E-state index contributed by atoms with van der Waals surface area (Å²) in [6, 6.07) is -3.56. The Kier molecular flexibility index (Phi) is 26.6. The van der Waals surface area contributed by atoms with Crippen molar-refractivity contribution in [3.63, 3.8) is 0 Å². The van der Waals surface area contributed by atoms with Crippen LogP contribution in [0.1, 0.15) is 143 Å². The van der Waals surface area contributed by atoms with E-state index in [1.165, 1.54) is 37.6 Å². The van der Waals surface area contributed by atoms with Crippen LogP contribution in [0.25, 0.3) is 0 Å². The second-order valence-corrected chi connectivity index (χ2v) is 21.0. The van der Waals surface area contributed by atoms with Gasteiger partial charge in [-0.05, 0) is 62.6 Å². The van der Waals surface area contributed by atoms with Gasteiger partial charge in [-0.3, -0.25) is 38.4 Å². The Morgan fingerprint density at radius 1 is 0.724 bits per heavy atom. The first-order valence-corrected chi connectivity index (χ1v) is 26.5. The van der Waals surface area contributed by atoms with Crippen LogP contribution in [-0.4, -0.2) is 189 Å². The van der Waals surface area contributed by atoms with E-state index in [1.54, 1.807) is 0 Å². The van der Waals surface area contributed by atoms with Gasteiger partial charge < -0.3 is 82.8 Å². The molecule has 24 heteroatoms. The van der Waals surface area contributed by atoms with Crippen LogP contribution in [0.2, 0.25) is 0 Å². The van der Waals surface area contributed by atoms with Crippen LogP contribution < -0.4 is 27.0 Å². The van der Waals surface area contributed by atoms with E-state index in [-0.39, 0.29) is 30.7 Å². The number of carbonyl (C=O) groups excluding carboxylic acids is 8. The summed E-state index contributed by atoms with van der Waals surface area (Å²) < 4.78 is 0. The van der Waals surface area contributed by atoms with Gasteiger partial charge in [0, 0.05) is 32.4 Å². The zero-order valence-corrected chi connectivity index (χ0v) is 44.6. The zero-order chi connectivity index (χ0) is 57.1. The average Bonchev–Trinajstić information content (AvgIpc) is 3.95. The molecule has 24 nitrogen and oxygen atoms in total. The smallest absolute Gasteiger partial charge is 0.248 e. The van der Waals surface area contributed by atoms with Crippen molar-refractivity contribution in [2.45, 2.75) is 211 Å². The van der Waals surface area contributed by atoms with Crippen LogP contribution in [-0.2, 0) is 38.4 Å². The number of unbranched alkanes of at least 4 members (excludes halogenated alkanes) is 5. The highest BCUT2D eigenvalue weighted by Gasteiger charge is 2.46. The van der Waals surface area contributed by atoms with Gasteiger partial charge in [-0.25, -0.2) is 0 Å². The van der Waals surface area contributed by atoms with Gasteiger partial charge in [0.15, 0.2) is 12.0 Å². The molecule has 3 rings (SSSR count). The Morgan fingerprint density at radius 2 is 1.34 bits per heavy atom. The third-order valence-corrected chi connectivity index (χ3v) is 14.5. The standard InChI is InChI=1S/C52H85N7O17/c1-7-27(2)22-28(3)14-12-10-8-9-11-13-15-41(68)54-35(24-39(66)49(73)57-50(74)44-37(64)20-21-58(44)51(75)29(4)38(65)25-40(53)67)47(71)56-43(31(6)61)52(76)59-26-34(63)23-36(59)48(72)55-42(30(5)60)46(70)45(69)32-16-18-33(62)19-17-32/h16-19,27-29,31,34-39,42-46,49,61-66,69-70,73H,7-15,20-26H2,1-6H3,(H2,53,67)(H,54,68)(H,55,72)(H,56,71)(H,57,74)/t27-,28+,29-,31+,34+,35-,36-,37-,38+,39+,42+,43-,44-,45-,46-,49+/m0/s1. The monoisotopic (exact) mass is 1080 g/mol. The van der Waals surface area contributed by atoms with Crippen molar-refractivity contribution in [3.05, 3.63) is 29.8 Å². The first kappa shape index (κ1) is 64.9. The highest BCUT2D eigenvalue weighted by molar-refractivity contribution is 5.96. The number of hydrogen-bond donors (Lipinski definition) is 14. The molecule has 2 fully saturated rings. The number of aliphatic hydroxyl groups is 8. The van der Waals surface area contributed by atoms with Crippen molar-refractivity contribution in [3.8, 4) is 5.75 Å². The number of aromatic hydroxyl groups is 1. The predicted octanol–water partition coefficient (Wildman–Crippen LogP) is -1.61. The van der Waals surface area contributed by atoms with Crippen LogP contribution in [0.15, 0.2) is 24.3 Å². The van der Waals surface area contributed by atoms with Gasteiger partial charge in [0.05, 0.1) is 36.8 Å². The Hall–Kier alpha value is -5.34. The molecule has 430 valence electrons. The molecule has 0 saturated carbocycles. The average molecular weight is 1080 g/mol. The maximum atomic E-state index is 14.2. The van der Waals surface area contributed by atoms with Gasteiger partial charge >= 0.3 is 0 Å². The summed E-state index contributed by atoms with van der Waals surface area (Å²) in [5.74, 6) is -7.74. The lowest BCUT2D eigenvalue weighted by molar-refractivity contribution is -0.148. The minimum atomic E-state index is -2.21. The van der Waals surface area contributed by atoms with E-state index in [2.05, 4.69) is 42.0 Å². The van der Waals surface area contributed by atoms with Crippen molar-refractivity contribution >= 4 is 47.1 Å². The Bertz CT molecular complexity index is 2080. The number of nitrogens with zero attached hydrogens (tertiary/aromatic N) is 2. The fourth-order valence-corrected chi connectivity index (χ4v) is 9.66. The van der Waals surface area contributed by atoms with Gasteiger partial charge in [-0.1, -0.05) is 84.8 Å². The fourth-order valence-electron chi connectivity index (χ4n) is 9.66. The van der Waals surface area contributed by atoms with Crippen molar-refractivity contribution < 1.29 is 84.3 Å². The first-order chi connectivity index (χ1) is 35.7. The van der Waals surface area contributed by atoms with E-state index in [1.807, 2.05) is 0 Å². The molecular formula is C52H85N7O17. The number of likely N-dealkylation sites (tertiary alicyclic amines) is 2. The molecule has 16 atom stereocenters. The molecule has 2 heterocycles. The number of phenolic OH excluding ortho intramolecular Hbond substituents is 1. The Labute approximate surface area is 444 Å². The highest BCUT2D eigenvalue weighted by Crippen LogP contribution is 2.26. The topological polar surface area (TPSA) is 399 Å². The maximum absolute atomic E-state index is 14.2. The molecule has 2 saturated heterocycles. The molecule has 1 aromatic carbocycles. The SMILES string of the molecule is CC[C@H](C)C[C@H](C)CCCCCCCCC(=O)N[C@@H](C[C@@H](O)[C@@H](O)NC(=O)[C@@H]1[C@@H](O)CCN1C(=O)[C@@H](C)[C@H](O)CC(N)=O)C(=O)N[C@H](C(=O)N1C[C@H](O)C[C@H]1C(=O)N[C@H](C(C)=O)[C@H](O)[C@@H](O)c1ccc(O)cc1)[C@@H](C)O. The van der Waals surface area contributed by atoms with E-state index in [9.17, 15) is 84.3 Å². The molecule has 0 unspecified atom stereocenters. The zero-order valence-electron chi connectivity index (χ0n) is 44.6. The molecule has 0 aliphatic carbocycles. The van der Waals surface area contributed by atoms with Crippen LogP contribution >= 0.6 is 0 Å². The third kappa shape index (κ3) is 19.6. The van der Waals surface area contributed by atoms with E-state index in [4.69, 9.17) is 5.73 Å². The van der Waals surface area contributed by atoms with E-state index >= 15 is 0 Å². The summed E-state index contributed by atoms with van der Waals surface area (Å²) >= 11 is 0. The molecule has 2 aliphatic heterocycles. The molecule has 0 aromatic heterocycles.